The number of nitrogens with zero attached hydrogens (tertiary/aromatic N) is 1. The first-order chi connectivity index (χ1) is 10.3. The molecule has 0 radical (unpaired) electrons. The maximum Gasteiger partial charge on any atom is 0.162 e. The number of fused-ring (bicyclic) bond motifs is 1. The Morgan fingerprint density at radius 2 is 1.95 bits per heavy atom. The van der Waals surface area contributed by atoms with Gasteiger partial charge in [-0.25, -0.2) is 0 Å². The maximum atomic E-state index is 5.34. The molecule has 1 aliphatic carbocycles. The van der Waals surface area contributed by atoms with Gasteiger partial charge in [0.15, 0.2) is 16.7 Å². The minimum Gasteiger partial charge on any atom is -0.493 e. The van der Waals surface area contributed by atoms with Gasteiger partial charge in [-0.3, -0.25) is 4.99 Å². The first-order valence-corrected chi connectivity index (χ1v) is 8.48. The summed E-state index contributed by atoms with van der Waals surface area (Å²) in [5.41, 5.74) is 0.994. The van der Waals surface area contributed by atoms with Crippen LogP contribution in [0.25, 0.3) is 0 Å². The number of aliphatic imine (C=N–C) groups is 1. The van der Waals surface area contributed by atoms with Gasteiger partial charge in [0.05, 0.1) is 20.3 Å². The van der Waals surface area contributed by atoms with Crippen LogP contribution in [0.5, 0.6) is 11.5 Å². The van der Waals surface area contributed by atoms with Gasteiger partial charge in [-0.05, 0) is 30.9 Å². The third-order valence-electron chi connectivity index (χ3n) is 4.22. The number of rotatable bonds is 3. The fourth-order valence-electron chi connectivity index (χ4n) is 3.03. The molecule has 4 nitrogen and oxygen atoms in total. The number of anilines is 1. The number of thioether (sulfide) groups is 1. The third-order valence-corrected chi connectivity index (χ3v) is 5.30. The minimum atomic E-state index is 0.516. The fourth-order valence-corrected chi connectivity index (χ4v) is 4.19. The Bertz CT molecular complexity index is 533. The van der Waals surface area contributed by atoms with Crippen LogP contribution in [0.3, 0.4) is 0 Å². The number of hydrogen-bond acceptors (Lipinski definition) is 5. The highest BCUT2D eigenvalue weighted by Crippen LogP contribution is 2.35. The molecule has 2 atom stereocenters. The fraction of sp³-hybridized carbons (Fsp3) is 0.562. The second kappa shape index (κ2) is 6.60. The second-order valence-corrected chi connectivity index (χ2v) is 6.56. The molecule has 0 saturated heterocycles. The monoisotopic (exact) mass is 306 g/mol. The Balaban J connectivity index is 1.73. The van der Waals surface area contributed by atoms with Gasteiger partial charge >= 0.3 is 0 Å². The van der Waals surface area contributed by atoms with Crippen molar-refractivity contribution in [3.63, 3.8) is 0 Å². The quantitative estimate of drug-likeness (QED) is 0.923. The summed E-state index contributed by atoms with van der Waals surface area (Å²) < 4.78 is 10.6. The molecular weight excluding hydrogens is 284 g/mol. The number of methoxy groups -OCH3 is 2. The van der Waals surface area contributed by atoms with Crippen molar-refractivity contribution in [2.45, 2.75) is 31.7 Å². The molecule has 1 aromatic carbocycles. The maximum absolute atomic E-state index is 5.34. The highest BCUT2D eigenvalue weighted by Gasteiger charge is 2.29. The summed E-state index contributed by atoms with van der Waals surface area (Å²) in [6.07, 6.45) is 5.27. The van der Waals surface area contributed by atoms with E-state index in [1.807, 2.05) is 30.0 Å². The van der Waals surface area contributed by atoms with Crippen LogP contribution in [0.2, 0.25) is 0 Å². The van der Waals surface area contributed by atoms with Crippen molar-refractivity contribution in [2.75, 3.05) is 25.3 Å². The molecule has 0 aromatic heterocycles. The van der Waals surface area contributed by atoms with Crippen LogP contribution < -0.4 is 14.8 Å². The van der Waals surface area contributed by atoms with Crippen molar-refractivity contribution in [3.8, 4) is 11.5 Å². The summed E-state index contributed by atoms with van der Waals surface area (Å²) in [6, 6.07) is 6.38. The molecule has 21 heavy (non-hydrogen) atoms. The van der Waals surface area contributed by atoms with E-state index in [0.717, 1.165) is 28.3 Å². The number of benzene rings is 1. The SMILES string of the molecule is COc1ccc(NC2=NC3CCCCC3CS2)cc1OC. The van der Waals surface area contributed by atoms with Gasteiger partial charge in [0, 0.05) is 17.5 Å². The van der Waals surface area contributed by atoms with Crippen LogP contribution in [-0.2, 0) is 0 Å². The van der Waals surface area contributed by atoms with E-state index in [1.54, 1.807) is 14.2 Å². The molecule has 0 bridgehead atoms. The molecule has 1 saturated carbocycles. The van der Waals surface area contributed by atoms with E-state index < -0.39 is 0 Å². The van der Waals surface area contributed by atoms with Gasteiger partial charge in [-0.2, -0.15) is 0 Å². The van der Waals surface area contributed by atoms with Gasteiger partial charge in [-0.1, -0.05) is 24.6 Å². The molecule has 3 rings (SSSR count). The van der Waals surface area contributed by atoms with Gasteiger partial charge in [0.2, 0.25) is 0 Å². The largest absolute Gasteiger partial charge is 0.493 e. The third kappa shape index (κ3) is 3.28. The molecule has 0 spiro atoms. The van der Waals surface area contributed by atoms with Crippen molar-refractivity contribution in [1.29, 1.82) is 0 Å². The topological polar surface area (TPSA) is 42.8 Å². The summed E-state index contributed by atoms with van der Waals surface area (Å²) >= 11 is 1.83. The van der Waals surface area contributed by atoms with Crippen LogP contribution in [0, 0.1) is 5.92 Å². The van der Waals surface area contributed by atoms with E-state index >= 15 is 0 Å². The Morgan fingerprint density at radius 3 is 2.76 bits per heavy atom. The van der Waals surface area contributed by atoms with E-state index in [0.29, 0.717) is 6.04 Å². The van der Waals surface area contributed by atoms with Crippen LogP contribution in [0.15, 0.2) is 23.2 Å². The molecule has 1 N–H and O–H groups in total. The van der Waals surface area contributed by atoms with Crippen molar-refractivity contribution in [2.24, 2.45) is 10.9 Å². The lowest BCUT2D eigenvalue weighted by Gasteiger charge is -2.32. The van der Waals surface area contributed by atoms with Crippen LogP contribution in [0.1, 0.15) is 25.7 Å². The zero-order valence-corrected chi connectivity index (χ0v) is 13.4. The normalized spacial score (nSPS) is 24.8. The molecule has 1 fully saturated rings. The summed E-state index contributed by atoms with van der Waals surface area (Å²) in [4.78, 5) is 4.89. The lowest BCUT2D eigenvalue weighted by molar-refractivity contribution is 0.336. The predicted molar refractivity (Wildman–Crippen MR) is 88.8 cm³/mol. The number of ether oxygens (including phenoxy) is 2. The highest BCUT2D eigenvalue weighted by molar-refractivity contribution is 8.14. The zero-order valence-electron chi connectivity index (χ0n) is 12.6. The van der Waals surface area contributed by atoms with Crippen molar-refractivity contribution >= 4 is 22.6 Å². The van der Waals surface area contributed by atoms with Crippen LogP contribution >= 0.6 is 11.8 Å². The Hall–Kier alpha value is -1.36. The minimum absolute atomic E-state index is 0.516. The summed E-state index contributed by atoms with van der Waals surface area (Å²) in [6.45, 7) is 0. The molecule has 0 amide bonds. The van der Waals surface area contributed by atoms with Gasteiger partial charge in [-0.15, -0.1) is 0 Å². The Morgan fingerprint density at radius 1 is 1.14 bits per heavy atom. The predicted octanol–water partition coefficient (Wildman–Crippen LogP) is 3.78. The van der Waals surface area contributed by atoms with Gasteiger partial charge in [0.1, 0.15) is 0 Å². The molecule has 2 aliphatic rings. The standard InChI is InChI=1S/C16H22N2O2S/c1-19-14-8-7-12(9-15(14)20-2)17-16-18-13-6-4-3-5-11(13)10-21-16/h7-9,11,13H,3-6,10H2,1-2H3,(H,17,18). The molecule has 1 heterocycles. The number of amidine groups is 1. The van der Waals surface area contributed by atoms with E-state index in [1.165, 1.54) is 31.4 Å². The first kappa shape index (κ1) is 14.6. The average molecular weight is 306 g/mol. The zero-order chi connectivity index (χ0) is 14.7. The van der Waals surface area contributed by atoms with E-state index in [-0.39, 0.29) is 0 Å². The summed E-state index contributed by atoms with van der Waals surface area (Å²) in [5, 5.41) is 4.45. The molecule has 5 heteroatoms. The number of hydrogen-bond donors (Lipinski definition) is 1. The second-order valence-electron chi connectivity index (χ2n) is 5.55. The summed E-state index contributed by atoms with van der Waals surface area (Å²) in [7, 11) is 3.30. The summed E-state index contributed by atoms with van der Waals surface area (Å²) in [5.74, 6) is 3.44. The van der Waals surface area contributed by atoms with Crippen molar-refractivity contribution < 1.29 is 9.47 Å². The van der Waals surface area contributed by atoms with Gasteiger partial charge < -0.3 is 14.8 Å². The molecule has 114 valence electrons. The molecular formula is C16H22N2O2S. The van der Waals surface area contributed by atoms with Crippen LogP contribution in [-0.4, -0.2) is 31.2 Å². The first-order valence-electron chi connectivity index (χ1n) is 7.50. The molecule has 1 aromatic rings. The molecule has 1 aliphatic heterocycles. The number of nitrogens with one attached hydrogen (secondary N) is 1. The van der Waals surface area contributed by atoms with Crippen LogP contribution in [0.4, 0.5) is 5.69 Å². The van der Waals surface area contributed by atoms with Crippen molar-refractivity contribution in [3.05, 3.63) is 18.2 Å². The smallest absolute Gasteiger partial charge is 0.162 e. The van der Waals surface area contributed by atoms with E-state index in [2.05, 4.69) is 5.32 Å². The Labute approximate surface area is 130 Å². The van der Waals surface area contributed by atoms with E-state index in [9.17, 15) is 0 Å². The van der Waals surface area contributed by atoms with Gasteiger partial charge in [0.25, 0.3) is 0 Å². The lowest BCUT2D eigenvalue weighted by Crippen LogP contribution is -2.31. The Kier molecular flexibility index (Phi) is 4.58. The van der Waals surface area contributed by atoms with Crippen molar-refractivity contribution in [1.82, 2.24) is 0 Å². The lowest BCUT2D eigenvalue weighted by atomic mass is 9.86. The highest BCUT2D eigenvalue weighted by atomic mass is 32.2. The van der Waals surface area contributed by atoms with E-state index in [4.69, 9.17) is 14.5 Å². The average Bonchev–Trinajstić information content (AvgIpc) is 2.54. The molecule has 2 unspecified atom stereocenters.